The van der Waals surface area contributed by atoms with Gasteiger partial charge in [-0.05, 0) is 6.92 Å². The van der Waals surface area contributed by atoms with Gasteiger partial charge in [0.15, 0.2) is 5.84 Å². The van der Waals surface area contributed by atoms with Crippen LogP contribution < -0.4 is 5.73 Å². The smallest absolute Gasteiger partial charge is 0.156 e. The maximum atomic E-state index is 8.70. The number of hydrogen-bond donors (Lipinski definition) is 4. The molecule has 0 aromatic rings. The van der Waals surface area contributed by atoms with Crippen LogP contribution in [0, 0.1) is 0 Å². The SMILES string of the molecule is CC(C(N)=NO)N(CCO)CCO. The van der Waals surface area contributed by atoms with E-state index in [0.29, 0.717) is 13.1 Å². The Kier molecular flexibility index (Phi) is 6.21. The number of aliphatic hydroxyl groups is 2. The van der Waals surface area contributed by atoms with Crippen LogP contribution >= 0.6 is 0 Å². The normalized spacial score (nSPS) is 14.9. The van der Waals surface area contributed by atoms with E-state index in [1.807, 2.05) is 0 Å². The van der Waals surface area contributed by atoms with Gasteiger partial charge in [0.05, 0.1) is 19.3 Å². The summed E-state index contributed by atoms with van der Waals surface area (Å²) in [7, 11) is 0. The molecule has 0 fully saturated rings. The third kappa shape index (κ3) is 4.07. The number of amidine groups is 1. The fraction of sp³-hybridized carbons (Fsp3) is 0.857. The lowest BCUT2D eigenvalue weighted by molar-refractivity contribution is 0.148. The summed E-state index contributed by atoms with van der Waals surface area (Å²) < 4.78 is 0. The standard InChI is InChI=1S/C7H17N3O3/c1-6(7(8)9-13)10(2-4-11)3-5-12/h6,11-13H,2-5H2,1H3,(H2,8,9). The highest BCUT2D eigenvalue weighted by Gasteiger charge is 2.16. The number of oxime groups is 1. The Morgan fingerprint density at radius 3 is 2.15 bits per heavy atom. The van der Waals surface area contributed by atoms with Crippen molar-refractivity contribution >= 4 is 5.84 Å². The Morgan fingerprint density at radius 2 is 1.85 bits per heavy atom. The molecule has 5 N–H and O–H groups in total. The molecule has 0 heterocycles. The lowest BCUT2D eigenvalue weighted by atomic mass is 10.2. The van der Waals surface area contributed by atoms with Gasteiger partial charge in [0, 0.05) is 13.1 Å². The Bertz CT molecular complexity index is 157. The van der Waals surface area contributed by atoms with Crippen molar-refractivity contribution in [3.8, 4) is 0 Å². The van der Waals surface area contributed by atoms with Crippen LogP contribution in [0.15, 0.2) is 5.16 Å². The minimum atomic E-state index is -0.288. The maximum Gasteiger partial charge on any atom is 0.156 e. The lowest BCUT2D eigenvalue weighted by Crippen LogP contribution is -2.45. The molecule has 0 aromatic heterocycles. The van der Waals surface area contributed by atoms with Gasteiger partial charge in [-0.15, -0.1) is 0 Å². The monoisotopic (exact) mass is 191 g/mol. The van der Waals surface area contributed by atoms with E-state index in [4.69, 9.17) is 21.2 Å². The van der Waals surface area contributed by atoms with E-state index >= 15 is 0 Å². The van der Waals surface area contributed by atoms with E-state index in [0.717, 1.165) is 0 Å². The van der Waals surface area contributed by atoms with Gasteiger partial charge in [-0.1, -0.05) is 5.16 Å². The first kappa shape index (κ1) is 12.2. The molecule has 0 aliphatic rings. The molecule has 0 aliphatic carbocycles. The molecular weight excluding hydrogens is 174 g/mol. The molecule has 0 spiro atoms. The molecule has 0 radical (unpaired) electrons. The molecule has 6 nitrogen and oxygen atoms in total. The summed E-state index contributed by atoms with van der Waals surface area (Å²) in [5.41, 5.74) is 5.37. The van der Waals surface area contributed by atoms with Gasteiger partial charge >= 0.3 is 0 Å². The van der Waals surface area contributed by atoms with Gasteiger partial charge < -0.3 is 21.2 Å². The molecule has 0 aromatic carbocycles. The highest BCUT2D eigenvalue weighted by atomic mass is 16.4. The first-order valence-electron chi connectivity index (χ1n) is 4.10. The van der Waals surface area contributed by atoms with Crippen molar-refractivity contribution in [2.75, 3.05) is 26.3 Å². The van der Waals surface area contributed by atoms with E-state index in [-0.39, 0.29) is 25.1 Å². The van der Waals surface area contributed by atoms with Crippen molar-refractivity contribution in [3.63, 3.8) is 0 Å². The van der Waals surface area contributed by atoms with Crippen LogP contribution in [0.5, 0.6) is 0 Å². The van der Waals surface area contributed by atoms with E-state index in [1.54, 1.807) is 11.8 Å². The molecule has 0 aliphatic heterocycles. The molecule has 78 valence electrons. The van der Waals surface area contributed by atoms with Gasteiger partial charge in [-0.3, -0.25) is 4.90 Å². The fourth-order valence-electron chi connectivity index (χ4n) is 1.03. The molecule has 0 saturated heterocycles. The van der Waals surface area contributed by atoms with Crippen molar-refractivity contribution in [1.82, 2.24) is 4.90 Å². The second kappa shape index (κ2) is 6.64. The third-order valence-electron chi connectivity index (χ3n) is 1.87. The van der Waals surface area contributed by atoms with Crippen molar-refractivity contribution in [2.24, 2.45) is 10.9 Å². The molecule has 0 rings (SSSR count). The predicted molar refractivity (Wildman–Crippen MR) is 48.6 cm³/mol. The number of nitrogens with zero attached hydrogens (tertiary/aromatic N) is 2. The summed E-state index contributed by atoms with van der Waals surface area (Å²) in [5.74, 6) is 0.0712. The lowest BCUT2D eigenvalue weighted by Gasteiger charge is -2.26. The van der Waals surface area contributed by atoms with Gasteiger partial charge in [0.25, 0.3) is 0 Å². The molecular formula is C7H17N3O3. The van der Waals surface area contributed by atoms with E-state index in [9.17, 15) is 0 Å². The van der Waals surface area contributed by atoms with Crippen LogP contribution in [-0.2, 0) is 0 Å². The van der Waals surface area contributed by atoms with E-state index in [1.165, 1.54) is 0 Å². The van der Waals surface area contributed by atoms with Gasteiger partial charge in [-0.25, -0.2) is 0 Å². The van der Waals surface area contributed by atoms with Gasteiger partial charge in [-0.2, -0.15) is 0 Å². The van der Waals surface area contributed by atoms with Crippen molar-refractivity contribution in [3.05, 3.63) is 0 Å². The molecule has 0 saturated carbocycles. The van der Waals surface area contributed by atoms with Crippen LogP contribution in [-0.4, -0.2) is 58.5 Å². The average Bonchev–Trinajstić information content (AvgIpc) is 2.15. The van der Waals surface area contributed by atoms with Crippen LogP contribution in [0.25, 0.3) is 0 Å². The number of aliphatic hydroxyl groups excluding tert-OH is 2. The second-order valence-electron chi connectivity index (χ2n) is 2.68. The summed E-state index contributed by atoms with van der Waals surface area (Å²) in [6, 6.07) is -0.288. The Labute approximate surface area is 77.3 Å². The Hall–Kier alpha value is -0.850. The molecule has 6 heteroatoms. The zero-order chi connectivity index (χ0) is 10.3. The van der Waals surface area contributed by atoms with E-state index in [2.05, 4.69) is 5.16 Å². The zero-order valence-corrected chi connectivity index (χ0v) is 7.72. The minimum absolute atomic E-state index is 0.0248. The van der Waals surface area contributed by atoms with Gasteiger partial charge in [0.1, 0.15) is 0 Å². The van der Waals surface area contributed by atoms with Crippen molar-refractivity contribution in [1.29, 1.82) is 0 Å². The van der Waals surface area contributed by atoms with E-state index < -0.39 is 0 Å². The van der Waals surface area contributed by atoms with Crippen molar-refractivity contribution in [2.45, 2.75) is 13.0 Å². The highest BCUT2D eigenvalue weighted by Crippen LogP contribution is 1.97. The number of nitrogens with two attached hydrogens (primary N) is 1. The first-order valence-corrected chi connectivity index (χ1v) is 4.10. The first-order chi connectivity index (χ1) is 6.17. The number of rotatable bonds is 6. The minimum Gasteiger partial charge on any atom is -0.409 e. The molecule has 13 heavy (non-hydrogen) atoms. The molecule has 0 bridgehead atoms. The summed E-state index contributed by atoms with van der Waals surface area (Å²) >= 11 is 0. The molecule has 0 amide bonds. The molecule has 1 atom stereocenters. The fourth-order valence-corrected chi connectivity index (χ4v) is 1.03. The van der Waals surface area contributed by atoms with Crippen LogP contribution in [0.1, 0.15) is 6.92 Å². The number of hydrogen-bond acceptors (Lipinski definition) is 5. The van der Waals surface area contributed by atoms with Crippen LogP contribution in [0.3, 0.4) is 0 Å². The quantitative estimate of drug-likeness (QED) is 0.175. The van der Waals surface area contributed by atoms with Crippen molar-refractivity contribution < 1.29 is 15.4 Å². The summed E-state index contributed by atoms with van der Waals surface area (Å²) in [6.07, 6.45) is 0. The average molecular weight is 191 g/mol. The second-order valence-corrected chi connectivity index (χ2v) is 2.68. The van der Waals surface area contributed by atoms with Crippen LogP contribution in [0.2, 0.25) is 0 Å². The predicted octanol–water partition coefficient (Wildman–Crippen LogP) is -1.59. The maximum absolute atomic E-state index is 8.70. The zero-order valence-electron chi connectivity index (χ0n) is 7.72. The van der Waals surface area contributed by atoms with Crippen LogP contribution in [0.4, 0.5) is 0 Å². The third-order valence-corrected chi connectivity index (χ3v) is 1.87. The largest absolute Gasteiger partial charge is 0.409 e. The Balaban J connectivity index is 4.17. The summed E-state index contributed by atoms with van der Waals surface area (Å²) in [5, 5.41) is 28.7. The van der Waals surface area contributed by atoms with Gasteiger partial charge in [0.2, 0.25) is 0 Å². The summed E-state index contributed by atoms with van der Waals surface area (Å²) in [6.45, 7) is 2.46. The Morgan fingerprint density at radius 1 is 1.38 bits per heavy atom. The topological polar surface area (TPSA) is 102 Å². The highest BCUT2D eigenvalue weighted by molar-refractivity contribution is 5.84. The summed E-state index contributed by atoms with van der Waals surface area (Å²) in [4.78, 5) is 1.72. The molecule has 1 unspecified atom stereocenters.